The van der Waals surface area contributed by atoms with Crippen molar-refractivity contribution < 1.29 is 4.74 Å². The van der Waals surface area contributed by atoms with Gasteiger partial charge >= 0.3 is 0 Å². The molecule has 0 aromatic heterocycles. The van der Waals surface area contributed by atoms with Crippen molar-refractivity contribution in [3.05, 3.63) is 83.9 Å². The van der Waals surface area contributed by atoms with Gasteiger partial charge in [-0.3, -0.25) is 0 Å². The number of ether oxygens (including phenoxy) is 1. The minimum Gasteiger partial charge on any atom is -0.489 e. The van der Waals surface area contributed by atoms with Crippen LogP contribution in [0.25, 0.3) is 11.1 Å². The first-order valence-corrected chi connectivity index (χ1v) is 7.36. The van der Waals surface area contributed by atoms with Gasteiger partial charge < -0.3 is 10.5 Å². The van der Waals surface area contributed by atoms with Gasteiger partial charge in [0.2, 0.25) is 0 Å². The van der Waals surface area contributed by atoms with E-state index in [1.807, 2.05) is 42.5 Å². The number of nitrogens with two attached hydrogens (primary N) is 1. The van der Waals surface area contributed by atoms with Gasteiger partial charge in [0.1, 0.15) is 12.4 Å². The smallest absolute Gasteiger partial charge is 0.119 e. The third-order valence-corrected chi connectivity index (χ3v) is 3.66. The summed E-state index contributed by atoms with van der Waals surface area (Å²) in [5.41, 5.74) is 11.3. The van der Waals surface area contributed by atoms with E-state index in [2.05, 4.69) is 37.3 Å². The van der Waals surface area contributed by atoms with Crippen molar-refractivity contribution in [1.82, 2.24) is 0 Å². The summed E-state index contributed by atoms with van der Waals surface area (Å²) in [4.78, 5) is 0. The molecule has 0 aliphatic carbocycles. The number of anilines is 1. The molecule has 22 heavy (non-hydrogen) atoms. The molecule has 3 rings (SSSR count). The Hall–Kier alpha value is -2.74. The number of rotatable bonds is 4. The van der Waals surface area contributed by atoms with Crippen LogP contribution in [0, 0.1) is 6.92 Å². The summed E-state index contributed by atoms with van der Waals surface area (Å²) in [6, 6.07) is 24.3. The maximum atomic E-state index is 5.81. The van der Waals surface area contributed by atoms with Crippen molar-refractivity contribution in [1.29, 1.82) is 0 Å². The molecule has 0 bridgehead atoms. The van der Waals surface area contributed by atoms with E-state index in [0.717, 1.165) is 11.4 Å². The Balaban J connectivity index is 1.72. The minimum absolute atomic E-state index is 0.584. The first-order valence-electron chi connectivity index (χ1n) is 7.36. The second-order valence-electron chi connectivity index (χ2n) is 5.37. The summed E-state index contributed by atoms with van der Waals surface area (Å²) >= 11 is 0. The van der Waals surface area contributed by atoms with Crippen LogP contribution in [0.15, 0.2) is 72.8 Å². The van der Waals surface area contributed by atoms with Gasteiger partial charge in [0, 0.05) is 5.69 Å². The quantitative estimate of drug-likeness (QED) is 0.699. The molecule has 0 atom stereocenters. The highest BCUT2D eigenvalue weighted by atomic mass is 16.5. The van der Waals surface area contributed by atoms with Gasteiger partial charge in [-0.2, -0.15) is 0 Å². The normalized spacial score (nSPS) is 10.4. The van der Waals surface area contributed by atoms with Gasteiger partial charge in [-0.05, 0) is 53.4 Å². The van der Waals surface area contributed by atoms with Gasteiger partial charge in [-0.15, -0.1) is 0 Å². The molecule has 0 aliphatic heterocycles. The Morgan fingerprint density at radius 1 is 0.864 bits per heavy atom. The minimum atomic E-state index is 0.584. The van der Waals surface area contributed by atoms with Gasteiger partial charge in [0.25, 0.3) is 0 Å². The maximum absolute atomic E-state index is 5.81. The first kappa shape index (κ1) is 14.2. The second-order valence-corrected chi connectivity index (χ2v) is 5.37. The SMILES string of the molecule is Cc1cc(N)ccc1-c1ccc(OCc2ccccc2)cc1. The average molecular weight is 289 g/mol. The van der Waals surface area contributed by atoms with Crippen LogP contribution in [0.1, 0.15) is 11.1 Å². The van der Waals surface area contributed by atoms with Crippen molar-refractivity contribution >= 4 is 5.69 Å². The van der Waals surface area contributed by atoms with Gasteiger partial charge in [-0.1, -0.05) is 48.5 Å². The lowest BCUT2D eigenvalue weighted by atomic mass is 10.00. The van der Waals surface area contributed by atoms with Crippen molar-refractivity contribution in [2.24, 2.45) is 0 Å². The summed E-state index contributed by atoms with van der Waals surface area (Å²) < 4.78 is 5.81. The van der Waals surface area contributed by atoms with Crippen molar-refractivity contribution in [2.75, 3.05) is 5.73 Å². The van der Waals surface area contributed by atoms with Crippen LogP contribution in [0.2, 0.25) is 0 Å². The molecule has 0 fully saturated rings. The standard InChI is InChI=1S/C20H19NO/c1-15-13-18(21)9-12-20(15)17-7-10-19(11-8-17)22-14-16-5-3-2-4-6-16/h2-13H,14,21H2,1H3. The number of hydrogen-bond acceptors (Lipinski definition) is 2. The van der Waals surface area contributed by atoms with Crippen LogP contribution in [-0.4, -0.2) is 0 Å². The zero-order valence-electron chi connectivity index (χ0n) is 12.6. The fourth-order valence-electron chi connectivity index (χ4n) is 2.48. The van der Waals surface area contributed by atoms with Crippen LogP contribution in [0.4, 0.5) is 5.69 Å². The monoisotopic (exact) mass is 289 g/mol. The molecule has 3 aromatic rings. The van der Waals surface area contributed by atoms with E-state index in [-0.39, 0.29) is 0 Å². The number of aryl methyl sites for hydroxylation is 1. The molecule has 0 radical (unpaired) electrons. The van der Waals surface area contributed by atoms with E-state index < -0.39 is 0 Å². The Labute approximate surface area is 131 Å². The fraction of sp³-hybridized carbons (Fsp3) is 0.100. The average Bonchev–Trinajstić information content (AvgIpc) is 2.55. The highest BCUT2D eigenvalue weighted by molar-refractivity contribution is 5.70. The molecule has 0 spiro atoms. The van der Waals surface area contributed by atoms with Crippen LogP contribution in [0.5, 0.6) is 5.75 Å². The Morgan fingerprint density at radius 2 is 1.59 bits per heavy atom. The summed E-state index contributed by atoms with van der Waals surface area (Å²) in [5.74, 6) is 0.876. The number of benzene rings is 3. The molecular weight excluding hydrogens is 270 g/mol. The highest BCUT2D eigenvalue weighted by Crippen LogP contribution is 2.27. The highest BCUT2D eigenvalue weighted by Gasteiger charge is 2.03. The predicted molar refractivity (Wildman–Crippen MR) is 91.8 cm³/mol. The molecule has 0 heterocycles. The van der Waals surface area contributed by atoms with Gasteiger partial charge in [0.05, 0.1) is 0 Å². The molecular formula is C20H19NO. The van der Waals surface area contributed by atoms with E-state index in [4.69, 9.17) is 10.5 Å². The lowest BCUT2D eigenvalue weighted by Gasteiger charge is -2.09. The third kappa shape index (κ3) is 3.29. The Kier molecular flexibility index (Phi) is 4.10. The summed E-state index contributed by atoms with van der Waals surface area (Å²) in [5, 5.41) is 0. The Morgan fingerprint density at radius 3 is 2.27 bits per heavy atom. The molecule has 0 saturated heterocycles. The molecule has 2 heteroatoms. The second kappa shape index (κ2) is 6.35. The van der Waals surface area contributed by atoms with Gasteiger partial charge in [-0.25, -0.2) is 0 Å². The zero-order chi connectivity index (χ0) is 15.4. The summed E-state index contributed by atoms with van der Waals surface area (Å²) in [6.07, 6.45) is 0. The van der Waals surface area contributed by atoms with Crippen molar-refractivity contribution in [3.8, 4) is 16.9 Å². The molecule has 0 aliphatic rings. The largest absolute Gasteiger partial charge is 0.489 e. The summed E-state index contributed by atoms with van der Waals surface area (Å²) in [6.45, 7) is 2.66. The third-order valence-electron chi connectivity index (χ3n) is 3.66. The Bertz CT molecular complexity index is 748. The summed E-state index contributed by atoms with van der Waals surface area (Å²) in [7, 11) is 0. The topological polar surface area (TPSA) is 35.2 Å². The molecule has 0 unspecified atom stereocenters. The predicted octanol–water partition coefficient (Wildman–Crippen LogP) is 4.82. The van der Waals surface area contributed by atoms with Crippen LogP contribution in [-0.2, 0) is 6.61 Å². The molecule has 2 N–H and O–H groups in total. The van der Waals surface area contributed by atoms with E-state index in [0.29, 0.717) is 6.61 Å². The lowest BCUT2D eigenvalue weighted by Crippen LogP contribution is -1.95. The molecule has 2 nitrogen and oxygen atoms in total. The first-order chi connectivity index (χ1) is 10.7. The van der Waals surface area contributed by atoms with E-state index in [1.54, 1.807) is 0 Å². The van der Waals surface area contributed by atoms with Crippen LogP contribution < -0.4 is 10.5 Å². The molecule has 3 aromatic carbocycles. The van der Waals surface area contributed by atoms with Gasteiger partial charge in [0.15, 0.2) is 0 Å². The van der Waals surface area contributed by atoms with E-state index in [9.17, 15) is 0 Å². The number of nitrogen functional groups attached to an aromatic ring is 1. The molecule has 110 valence electrons. The lowest BCUT2D eigenvalue weighted by molar-refractivity contribution is 0.306. The van der Waals surface area contributed by atoms with Crippen LogP contribution in [0.3, 0.4) is 0 Å². The maximum Gasteiger partial charge on any atom is 0.119 e. The van der Waals surface area contributed by atoms with E-state index in [1.165, 1.54) is 22.3 Å². The zero-order valence-corrected chi connectivity index (χ0v) is 12.6. The number of hydrogen-bond donors (Lipinski definition) is 1. The molecule has 0 saturated carbocycles. The van der Waals surface area contributed by atoms with Crippen LogP contribution >= 0.6 is 0 Å². The van der Waals surface area contributed by atoms with E-state index >= 15 is 0 Å². The van der Waals surface area contributed by atoms with Crippen molar-refractivity contribution in [3.63, 3.8) is 0 Å². The molecule has 0 amide bonds. The fourth-order valence-corrected chi connectivity index (χ4v) is 2.48. The van der Waals surface area contributed by atoms with Crippen molar-refractivity contribution in [2.45, 2.75) is 13.5 Å².